The smallest absolute Gasteiger partial charge is 0.241 e. The topological polar surface area (TPSA) is 61.4 Å². The van der Waals surface area contributed by atoms with Crippen LogP contribution in [0.4, 0.5) is 0 Å². The average molecular weight is 239 g/mol. The molecule has 0 bridgehead atoms. The highest BCUT2D eigenvalue weighted by atomic mass is 16.2. The quantitative estimate of drug-likeness (QED) is 0.721. The number of carbonyl (C=O) groups excluding carboxylic acids is 2. The Morgan fingerprint density at radius 1 is 1.18 bits per heavy atom. The number of rotatable bonds is 3. The largest absolute Gasteiger partial charge is 0.346 e. The molecule has 0 aromatic rings. The molecule has 0 aromatic heterocycles. The van der Waals surface area contributed by atoms with Crippen molar-refractivity contribution < 1.29 is 9.59 Å². The van der Waals surface area contributed by atoms with Gasteiger partial charge >= 0.3 is 0 Å². The van der Waals surface area contributed by atoms with E-state index < -0.39 is 0 Å². The molecule has 0 spiro atoms. The van der Waals surface area contributed by atoms with E-state index in [9.17, 15) is 9.59 Å². The minimum absolute atomic E-state index is 0.0303. The second-order valence-corrected chi connectivity index (χ2v) is 4.81. The van der Waals surface area contributed by atoms with E-state index in [2.05, 4.69) is 10.6 Å². The van der Waals surface area contributed by atoms with Crippen LogP contribution in [0.5, 0.6) is 0 Å². The van der Waals surface area contributed by atoms with Crippen LogP contribution >= 0.6 is 0 Å². The molecular weight excluding hydrogens is 218 g/mol. The van der Waals surface area contributed by atoms with Crippen LogP contribution in [-0.4, -0.2) is 48.9 Å². The van der Waals surface area contributed by atoms with Crippen LogP contribution in [0, 0.1) is 0 Å². The monoisotopic (exact) mass is 239 g/mol. The molecule has 2 amide bonds. The first-order valence-corrected chi connectivity index (χ1v) is 6.56. The van der Waals surface area contributed by atoms with E-state index >= 15 is 0 Å². The highest BCUT2D eigenvalue weighted by molar-refractivity contribution is 5.87. The van der Waals surface area contributed by atoms with E-state index in [1.54, 1.807) is 0 Å². The summed E-state index contributed by atoms with van der Waals surface area (Å²) in [5, 5.41) is 5.91. The zero-order valence-corrected chi connectivity index (χ0v) is 10.2. The highest BCUT2D eigenvalue weighted by Gasteiger charge is 2.22. The minimum atomic E-state index is -0.102. The highest BCUT2D eigenvalue weighted by Crippen LogP contribution is 2.08. The Morgan fingerprint density at radius 3 is 2.59 bits per heavy atom. The summed E-state index contributed by atoms with van der Waals surface area (Å²) >= 11 is 0. The first-order chi connectivity index (χ1) is 8.27. The number of amides is 2. The third-order valence-corrected chi connectivity index (χ3v) is 3.50. The number of carbonyl (C=O) groups is 2. The Labute approximate surface area is 102 Å². The van der Waals surface area contributed by atoms with E-state index in [1.807, 2.05) is 4.90 Å². The summed E-state index contributed by atoms with van der Waals surface area (Å²) in [4.78, 5) is 25.3. The Hall–Kier alpha value is -1.10. The molecule has 2 heterocycles. The van der Waals surface area contributed by atoms with Crippen LogP contribution in [0.25, 0.3) is 0 Å². The van der Waals surface area contributed by atoms with Crippen molar-refractivity contribution in [1.82, 2.24) is 15.5 Å². The molecule has 2 aliphatic rings. The summed E-state index contributed by atoms with van der Waals surface area (Å²) < 4.78 is 0. The molecule has 0 saturated carbocycles. The third kappa shape index (κ3) is 3.43. The molecule has 17 heavy (non-hydrogen) atoms. The molecule has 96 valence electrons. The summed E-state index contributed by atoms with van der Waals surface area (Å²) in [5.41, 5.74) is 0. The molecule has 2 aliphatic heterocycles. The second kappa shape index (κ2) is 6.00. The summed E-state index contributed by atoms with van der Waals surface area (Å²) in [6.07, 6.45) is 5.28. The Balaban J connectivity index is 1.69. The molecule has 0 aliphatic carbocycles. The number of nitrogens with one attached hydrogen (secondary N) is 2. The molecule has 0 radical (unpaired) electrons. The van der Waals surface area contributed by atoms with Gasteiger partial charge in [0.05, 0.1) is 12.6 Å². The van der Waals surface area contributed by atoms with Crippen molar-refractivity contribution >= 4 is 11.8 Å². The standard InChI is InChI=1S/C12H21N3O2/c16-11(15-7-3-4-8-15)9-14-12(17)10-5-1-2-6-13-10/h10,13H,1-9H2,(H,14,17). The van der Waals surface area contributed by atoms with Crippen LogP contribution in [0.2, 0.25) is 0 Å². The molecule has 2 fully saturated rings. The normalized spacial score (nSPS) is 24.7. The van der Waals surface area contributed by atoms with Crippen molar-refractivity contribution in [2.24, 2.45) is 0 Å². The Kier molecular flexibility index (Phi) is 4.36. The molecule has 2 N–H and O–H groups in total. The molecule has 1 unspecified atom stereocenters. The summed E-state index contributed by atoms with van der Waals surface area (Å²) in [7, 11) is 0. The maximum absolute atomic E-state index is 11.8. The second-order valence-electron chi connectivity index (χ2n) is 4.81. The van der Waals surface area contributed by atoms with Gasteiger partial charge in [0.2, 0.25) is 11.8 Å². The molecule has 5 nitrogen and oxygen atoms in total. The number of hydrogen-bond acceptors (Lipinski definition) is 3. The lowest BCUT2D eigenvalue weighted by atomic mass is 10.0. The maximum Gasteiger partial charge on any atom is 0.241 e. The fraction of sp³-hybridized carbons (Fsp3) is 0.833. The SMILES string of the molecule is O=C(NCC(=O)N1CCCC1)C1CCCCN1. The molecule has 1 atom stereocenters. The molecule has 0 aromatic carbocycles. The Bertz CT molecular complexity index is 281. The average Bonchev–Trinajstić information content (AvgIpc) is 2.90. The number of likely N-dealkylation sites (tertiary alicyclic amines) is 1. The van der Waals surface area contributed by atoms with Crippen LogP contribution in [0.15, 0.2) is 0 Å². The zero-order chi connectivity index (χ0) is 12.1. The fourth-order valence-corrected chi connectivity index (χ4v) is 2.44. The van der Waals surface area contributed by atoms with Gasteiger partial charge in [0.1, 0.15) is 0 Å². The lowest BCUT2D eigenvalue weighted by Crippen LogP contribution is -2.49. The van der Waals surface area contributed by atoms with E-state index in [4.69, 9.17) is 0 Å². The first-order valence-electron chi connectivity index (χ1n) is 6.56. The van der Waals surface area contributed by atoms with Gasteiger partial charge in [-0.1, -0.05) is 6.42 Å². The molecule has 2 rings (SSSR count). The predicted octanol–water partition coefficient (Wildman–Crippen LogP) is -0.133. The van der Waals surface area contributed by atoms with Gasteiger partial charge in [0, 0.05) is 13.1 Å². The van der Waals surface area contributed by atoms with E-state index in [0.29, 0.717) is 0 Å². The molecule has 5 heteroatoms. The van der Waals surface area contributed by atoms with Crippen LogP contribution < -0.4 is 10.6 Å². The van der Waals surface area contributed by atoms with Gasteiger partial charge in [0.25, 0.3) is 0 Å². The number of nitrogens with zero attached hydrogens (tertiary/aromatic N) is 1. The van der Waals surface area contributed by atoms with Crippen molar-refractivity contribution in [2.75, 3.05) is 26.2 Å². The summed E-state index contributed by atoms with van der Waals surface area (Å²) in [6, 6.07) is -0.102. The lowest BCUT2D eigenvalue weighted by molar-refractivity contribution is -0.132. The van der Waals surface area contributed by atoms with Crippen LogP contribution in [0.3, 0.4) is 0 Å². The van der Waals surface area contributed by atoms with E-state index in [1.165, 1.54) is 0 Å². The van der Waals surface area contributed by atoms with Gasteiger partial charge in [-0.05, 0) is 32.2 Å². The van der Waals surface area contributed by atoms with Crippen LogP contribution in [-0.2, 0) is 9.59 Å². The lowest BCUT2D eigenvalue weighted by Gasteiger charge is -2.23. The van der Waals surface area contributed by atoms with Crippen molar-refractivity contribution in [3.8, 4) is 0 Å². The van der Waals surface area contributed by atoms with Crippen LogP contribution in [0.1, 0.15) is 32.1 Å². The summed E-state index contributed by atoms with van der Waals surface area (Å²) in [6.45, 7) is 2.74. The predicted molar refractivity (Wildman–Crippen MR) is 64.5 cm³/mol. The van der Waals surface area contributed by atoms with E-state index in [0.717, 1.165) is 51.7 Å². The van der Waals surface area contributed by atoms with Crippen molar-refractivity contribution in [2.45, 2.75) is 38.1 Å². The van der Waals surface area contributed by atoms with Gasteiger partial charge in [-0.3, -0.25) is 9.59 Å². The fourth-order valence-electron chi connectivity index (χ4n) is 2.44. The van der Waals surface area contributed by atoms with Gasteiger partial charge in [-0.25, -0.2) is 0 Å². The number of piperidine rings is 1. The van der Waals surface area contributed by atoms with Crippen molar-refractivity contribution in [3.05, 3.63) is 0 Å². The third-order valence-electron chi connectivity index (χ3n) is 3.50. The minimum Gasteiger partial charge on any atom is -0.346 e. The Morgan fingerprint density at radius 2 is 1.94 bits per heavy atom. The van der Waals surface area contributed by atoms with Gasteiger partial charge in [0.15, 0.2) is 0 Å². The van der Waals surface area contributed by atoms with Gasteiger partial charge in [-0.15, -0.1) is 0 Å². The van der Waals surface area contributed by atoms with Gasteiger partial charge < -0.3 is 15.5 Å². The van der Waals surface area contributed by atoms with Gasteiger partial charge in [-0.2, -0.15) is 0 Å². The number of hydrogen-bond donors (Lipinski definition) is 2. The van der Waals surface area contributed by atoms with Crippen molar-refractivity contribution in [3.63, 3.8) is 0 Å². The first kappa shape index (κ1) is 12.4. The molecular formula is C12H21N3O2. The van der Waals surface area contributed by atoms with E-state index in [-0.39, 0.29) is 24.4 Å². The molecule has 2 saturated heterocycles. The maximum atomic E-state index is 11.8. The van der Waals surface area contributed by atoms with Crippen molar-refractivity contribution in [1.29, 1.82) is 0 Å². The summed E-state index contributed by atoms with van der Waals surface area (Å²) in [5.74, 6) is 0.0175. The zero-order valence-electron chi connectivity index (χ0n) is 10.2.